The molecule has 10 nitrogen and oxygen atoms in total. The molecule has 2 heterocycles. The van der Waals surface area contributed by atoms with Crippen LogP contribution in [0.15, 0.2) is 61.2 Å². The number of carbonyl (C=O) groups excluding carboxylic acids is 2. The molecule has 14 heteroatoms. The Morgan fingerprint density at radius 2 is 1.82 bits per heavy atom. The maximum Gasteiger partial charge on any atom is 0.390 e. The van der Waals surface area contributed by atoms with Crippen LogP contribution in [-0.4, -0.2) is 51.5 Å². The molecule has 0 atom stereocenters. The minimum atomic E-state index is -4.41. The molecule has 0 aliphatic rings. The Morgan fingerprint density at radius 3 is 2.46 bits per heavy atom. The second-order valence-electron chi connectivity index (χ2n) is 8.18. The van der Waals surface area contributed by atoms with Gasteiger partial charge >= 0.3 is 6.18 Å². The van der Waals surface area contributed by atoms with Gasteiger partial charge in [-0.05, 0) is 29.8 Å². The predicted molar refractivity (Wildman–Crippen MR) is 135 cm³/mol. The van der Waals surface area contributed by atoms with Gasteiger partial charge in [-0.15, -0.1) is 14.8 Å². The molecule has 4 aromatic rings. The number of hydrogen-bond acceptors (Lipinski definition) is 7. The SMILES string of the molecule is C=C(F)C(=O)Nc1ccc(-c2nn3ncnc(N)c3c2-c2ccc(C(=O)NCCC(F)(F)F)c(OC)c2)cc1. The van der Waals surface area contributed by atoms with E-state index < -0.39 is 36.8 Å². The monoisotopic (exact) mass is 543 g/mol. The summed E-state index contributed by atoms with van der Waals surface area (Å²) < 4.78 is 57.1. The average molecular weight is 543 g/mol. The van der Waals surface area contributed by atoms with Crippen molar-refractivity contribution in [1.29, 1.82) is 0 Å². The van der Waals surface area contributed by atoms with Crippen molar-refractivity contribution in [3.8, 4) is 28.1 Å². The second kappa shape index (κ2) is 10.8. The zero-order valence-corrected chi connectivity index (χ0v) is 20.3. The summed E-state index contributed by atoms with van der Waals surface area (Å²) in [5.74, 6) is -2.64. The Kier molecular flexibility index (Phi) is 7.47. The van der Waals surface area contributed by atoms with E-state index in [4.69, 9.17) is 10.5 Å². The number of benzene rings is 2. The normalized spacial score (nSPS) is 11.3. The number of ether oxygens (including phenoxy) is 1. The van der Waals surface area contributed by atoms with Gasteiger partial charge in [0.2, 0.25) is 0 Å². The molecule has 0 saturated heterocycles. The standard InChI is InChI=1S/C25H21F4N7O3/c1-13(26)23(37)34-16-6-3-14(4-7-16)20-19(21-22(30)32-12-33-36(21)35-20)15-5-8-17(18(11-15)39-2)24(38)31-10-9-25(27,28)29/h3-8,11-12H,1,9-10H2,2H3,(H,31,38)(H,34,37)(H2,30,32,33). The third kappa shape index (κ3) is 5.95. The Morgan fingerprint density at radius 1 is 1.13 bits per heavy atom. The van der Waals surface area contributed by atoms with Crippen molar-refractivity contribution in [2.75, 3.05) is 24.7 Å². The van der Waals surface area contributed by atoms with Crippen molar-refractivity contribution in [1.82, 2.24) is 25.1 Å². The number of halogens is 4. The average Bonchev–Trinajstić information content (AvgIpc) is 3.28. The Bertz CT molecular complexity index is 1570. The van der Waals surface area contributed by atoms with Crippen LogP contribution in [0, 0.1) is 0 Å². The number of nitrogens with zero attached hydrogens (tertiary/aromatic N) is 4. The Labute approximate surface area is 218 Å². The maximum atomic E-state index is 13.0. The molecule has 0 unspecified atom stereocenters. The van der Waals surface area contributed by atoms with Gasteiger partial charge in [-0.2, -0.15) is 13.2 Å². The number of methoxy groups -OCH3 is 1. The molecule has 2 amide bonds. The lowest BCUT2D eigenvalue weighted by atomic mass is 9.98. The smallest absolute Gasteiger partial charge is 0.390 e. The van der Waals surface area contributed by atoms with E-state index in [0.717, 1.165) is 0 Å². The summed E-state index contributed by atoms with van der Waals surface area (Å²) in [6, 6.07) is 10.8. The summed E-state index contributed by atoms with van der Waals surface area (Å²) in [5, 5.41) is 13.2. The minimum Gasteiger partial charge on any atom is -0.496 e. The van der Waals surface area contributed by atoms with E-state index in [1.807, 2.05) is 0 Å². The van der Waals surface area contributed by atoms with E-state index in [1.165, 1.54) is 42.3 Å². The van der Waals surface area contributed by atoms with Crippen molar-refractivity contribution < 1.29 is 31.9 Å². The molecule has 39 heavy (non-hydrogen) atoms. The van der Waals surface area contributed by atoms with Crippen LogP contribution in [0.25, 0.3) is 27.9 Å². The van der Waals surface area contributed by atoms with Crippen molar-refractivity contribution in [3.05, 3.63) is 66.8 Å². The molecule has 202 valence electrons. The number of anilines is 2. The highest BCUT2D eigenvalue weighted by molar-refractivity contribution is 6.02. The number of alkyl halides is 3. The third-order valence-electron chi connectivity index (χ3n) is 5.56. The molecule has 4 N–H and O–H groups in total. The van der Waals surface area contributed by atoms with Crippen LogP contribution < -0.4 is 21.1 Å². The van der Waals surface area contributed by atoms with Crippen LogP contribution in [-0.2, 0) is 4.79 Å². The predicted octanol–water partition coefficient (Wildman–Crippen LogP) is 4.15. The lowest BCUT2D eigenvalue weighted by Gasteiger charge is -2.13. The van der Waals surface area contributed by atoms with Crippen molar-refractivity contribution in [3.63, 3.8) is 0 Å². The van der Waals surface area contributed by atoms with Crippen LogP contribution in [0.2, 0.25) is 0 Å². The van der Waals surface area contributed by atoms with E-state index in [0.29, 0.717) is 33.6 Å². The van der Waals surface area contributed by atoms with E-state index in [9.17, 15) is 27.2 Å². The van der Waals surface area contributed by atoms with Crippen LogP contribution in [0.1, 0.15) is 16.8 Å². The molecule has 0 spiro atoms. The fourth-order valence-electron chi connectivity index (χ4n) is 3.75. The molecule has 0 saturated carbocycles. The van der Waals surface area contributed by atoms with Crippen LogP contribution in [0.3, 0.4) is 0 Å². The van der Waals surface area contributed by atoms with Gasteiger partial charge < -0.3 is 21.1 Å². The lowest BCUT2D eigenvalue weighted by Crippen LogP contribution is -2.28. The van der Waals surface area contributed by atoms with Crippen LogP contribution in [0.4, 0.5) is 29.1 Å². The number of nitrogen functional groups attached to an aromatic ring is 1. The Hall–Kier alpha value is -5.01. The molecule has 0 fully saturated rings. The van der Waals surface area contributed by atoms with Gasteiger partial charge in [0, 0.05) is 23.4 Å². The van der Waals surface area contributed by atoms with Crippen LogP contribution in [0.5, 0.6) is 5.75 Å². The summed E-state index contributed by atoms with van der Waals surface area (Å²) in [5.41, 5.74) is 8.78. The number of nitrogens with two attached hydrogens (primary N) is 1. The number of rotatable bonds is 8. The molecule has 0 radical (unpaired) electrons. The van der Waals surface area contributed by atoms with E-state index in [2.05, 4.69) is 32.4 Å². The van der Waals surface area contributed by atoms with Crippen molar-refractivity contribution in [2.45, 2.75) is 12.6 Å². The highest BCUT2D eigenvalue weighted by atomic mass is 19.4. The minimum absolute atomic E-state index is 0.0280. The van der Waals surface area contributed by atoms with E-state index in [1.54, 1.807) is 18.2 Å². The molecular weight excluding hydrogens is 522 g/mol. The second-order valence-corrected chi connectivity index (χ2v) is 8.18. The van der Waals surface area contributed by atoms with Crippen molar-refractivity contribution in [2.24, 2.45) is 0 Å². The summed E-state index contributed by atoms with van der Waals surface area (Å²) in [4.78, 5) is 28.2. The number of amides is 2. The molecule has 0 aliphatic carbocycles. The fourth-order valence-corrected chi connectivity index (χ4v) is 3.75. The maximum absolute atomic E-state index is 13.0. The number of fused-ring (bicyclic) bond motifs is 1. The van der Waals surface area contributed by atoms with Crippen molar-refractivity contribution >= 4 is 28.8 Å². The van der Waals surface area contributed by atoms with Gasteiger partial charge in [-0.25, -0.2) is 9.37 Å². The first-order chi connectivity index (χ1) is 18.5. The van der Waals surface area contributed by atoms with E-state index >= 15 is 0 Å². The highest BCUT2D eigenvalue weighted by Gasteiger charge is 2.27. The van der Waals surface area contributed by atoms with Gasteiger partial charge in [0.15, 0.2) is 11.6 Å². The van der Waals surface area contributed by atoms with E-state index in [-0.39, 0.29) is 17.1 Å². The number of aromatic nitrogens is 4. The zero-order valence-electron chi connectivity index (χ0n) is 20.3. The summed E-state index contributed by atoms with van der Waals surface area (Å²) in [7, 11) is 1.32. The molecular formula is C25H21F4N7O3. The number of nitrogens with one attached hydrogen (secondary N) is 2. The highest BCUT2D eigenvalue weighted by Crippen LogP contribution is 2.39. The van der Waals surface area contributed by atoms with Gasteiger partial charge in [0.25, 0.3) is 11.8 Å². The molecule has 2 aromatic heterocycles. The number of hydrogen-bond donors (Lipinski definition) is 3. The first-order valence-corrected chi connectivity index (χ1v) is 11.3. The summed E-state index contributed by atoms with van der Waals surface area (Å²) in [6.07, 6.45) is -4.36. The summed E-state index contributed by atoms with van der Waals surface area (Å²) >= 11 is 0. The van der Waals surface area contributed by atoms with Crippen LogP contribution >= 0.6 is 0 Å². The third-order valence-corrected chi connectivity index (χ3v) is 5.56. The number of carbonyl (C=O) groups is 2. The molecule has 0 aliphatic heterocycles. The fraction of sp³-hybridized carbons (Fsp3) is 0.160. The largest absolute Gasteiger partial charge is 0.496 e. The van der Waals surface area contributed by atoms with Gasteiger partial charge in [0.05, 0.1) is 19.1 Å². The quantitative estimate of drug-likeness (QED) is 0.224. The lowest BCUT2D eigenvalue weighted by molar-refractivity contribution is -0.133. The Balaban J connectivity index is 1.75. The van der Waals surface area contributed by atoms with Gasteiger partial charge in [-0.1, -0.05) is 24.8 Å². The first-order valence-electron chi connectivity index (χ1n) is 11.3. The zero-order chi connectivity index (χ0) is 28.3. The van der Waals surface area contributed by atoms with Gasteiger partial charge in [-0.3, -0.25) is 9.59 Å². The molecule has 2 aromatic carbocycles. The summed E-state index contributed by atoms with van der Waals surface area (Å²) in [6.45, 7) is 2.36. The topological polar surface area (TPSA) is 137 Å². The first kappa shape index (κ1) is 27.0. The van der Waals surface area contributed by atoms with Gasteiger partial charge in [0.1, 0.15) is 23.3 Å². The molecule has 0 bridgehead atoms. The molecule has 4 rings (SSSR count).